The average molecular weight is 891 g/mol. The molecule has 9 N–H and O–H groups in total. The van der Waals surface area contributed by atoms with Crippen molar-refractivity contribution in [2.75, 3.05) is 44.0 Å². The van der Waals surface area contributed by atoms with Gasteiger partial charge in [0, 0.05) is 66.5 Å². The Balaban J connectivity index is 0.802. The number of amides is 3. The number of Topliss-reactive ketones (excluding diaryl/α,β-unsaturated/α-hetero) is 2. The molecule has 0 bridgehead atoms. The highest BCUT2D eigenvalue weighted by Gasteiger charge is 2.72. The number of allylic oxidation sites excluding steroid dienone is 2. The minimum Gasteiger partial charge on any atom is -0.480 e. The number of aliphatic carboxylic acids is 1. The van der Waals surface area contributed by atoms with Crippen LogP contribution in [0.2, 0.25) is 0 Å². The van der Waals surface area contributed by atoms with E-state index in [1.165, 1.54) is 28.7 Å². The largest absolute Gasteiger partial charge is 0.480 e. The van der Waals surface area contributed by atoms with E-state index in [4.69, 9.17) is 20.9 Å². The number of nitrogens with zero attached hydrogens (tertiary/aromatic N) is 4. The molecule has 0 unspecified atom stereocenters. The Hall–Kier alpha value is -5.84. The van der Waals surface area contributed by atoms with Gasteiger partial charge in [-0.15, -0.1) is 0 Å². The van der Waals surface area contributed by atoms with E-state index in [1.54, 1.807) is 25.3 Å². The third kappa shape index (κ3) is 9.03. The number of rotatable bonds is 20. The molecule has 2 saturated heterocycles. The molecule has 3 aliphatic heterocycles. The van der Waals surface area contributed by atoms with E-state index in [2.05, 4.69) is 35.9 Å². The minimum absolute atomic E-state index is 0.00364. The summed E-state index contributed by atoms with van der Waals surface area (Å²) in [7, 11) is 4.17. The van der Waals surface area contributed by atoms with Crippen LogP contribution in [0.25, 0.3) is 11.2 Å². The van der Waals surface area contributed by atoms with E-state index < -0.39 is 41.2 Å². The number of aromatic nitrogens is 4. The molecule has 22 heteroatoms. The molecule has 62 heavy (non-hydrogen) atoms. The van der Waals surface area contributed by atoms with Gasteiger partial charge in [-0.2, -0.15) is 4.98 Å². The van der Waals surface area contributed by atoms with Crippen LogP contribution in [0.4, 0.5) is 10.7 Å². The summed E-state index contributed by atoms with van der Waals surface area (Å²) in [5.74, 6) is -2.65. The maximum atomic E-state index is 14.0. The predicted octanol–water partition coefficient (Wildman–Crippen LogP) is 0.768. The predicted molar refractivity (Wildman–Crippen MR) is 227 cm³/mol. The van der Waals surface area contributed by atoms with Crippen LogP contribution in [-0.2, 0) is 41.5 Å². The molecule has 0 saturated carbocycles. The third-order valence-corrected chi connectivity index (χ3v) is 13.9. The van der Waals surface area contributed by atoms with Crippen molar-refractivity contribution < 1.29 is 43.3 Å². The standard InChI is InChI=1S/C40H46N10O10S2/c1-19-23(32(53)28-24(17-60-39(42)58)40(59-2)33-25(47-33)16-50(40)30(28)31(19)52)5-4-14-61-62-18-26(37(56)57)46-27(51)6-3-13-43-35(54)21-10-7-20(8-11-21)9-12-22-15-44-34-29(45-22)36(55)49-38(41)48-34/h7-8,10-11,15,24-26,33,47H,3-6,9,12-14,16-18H2,1-2H3,(H2,42,58)(H,43,54)(H,46,51)(H,56,57)(H3,41,44,48,49,55)/t24-,25+,26-,33+,40-/m1/s1. The number of methoxy groups -OCH3 is 1. The molecule has 2 fully saturated rings. The van der Waals surface area contributed by atoms with Gasteiger partial charge in [0.25, 0.3) is 11.5 Å². The lowest BCUT2D eigenvalue weighted by Gasteiger charge is -2.39. The number of H-pyrrole nitrogens is 1. The number of hydrogen-bond donors (Lipinski definition) is 7. The molecule has 328 valence electrons. The molecular weight excluding hydrogens is 845 g/mol. The normalized spacial score (nSPS) is 21.7. The van der Waals surface area contributed by atoms with E-state index >= 15 is 0 Å². The van der Waals surface area contributed by atoms with Crippen LogP contribution in [-0.4, -0.2) is 128 Å². The van der Waals surface area contributed by atoms with Crippen LogP contribution in [0, 0.1) is 5.92 Å². The highest BCUT2D eigenvalue weighted by atomic mass is 33.1. The number of primary amides is 1. The second-order valence-corrected chi connectivity index (χ2v) is 17.9. The molecule has 0 spiro atoms. The summed E-state index contributed by atoms with van der Waals surface area (Å²) in [5, 5.41) is 18.4. The first kappa shape index (κ1) is 44.2. The zero-order valence-corrected chi connectivity index (χ0v) is 35.5. The van der Waals surface area contributed by atoms with E-state index in [-0.39, 0.29) is 84.0 Å². The van der Waals surface area contributed by atoms with Gasteiger partial charge in [-0.05, 0) is 56.7 Å². The zero-order valence-electron chi connectivity index (χ0n) is 33.9. The van der Waals surface area contributed by atoms with Gasteiger partial charge >= 0.3 is 12.1 Å². The summed E-state index contributed by atoms with van der Waals surface area (Å²) in [6.45, 7) is 2.10. The van der Waals surface area contributed by atoms with E-state index in [0.29, 0.717) is 66.1 Å². The van der Waals surface area contributed by atoms with Gasteiger partial charge in [-0.25, -0.2) is 19.6 Å². The Morgan fingerprint density at radius 2 is 1.84 bits per heavy atom. The van der Waals surface area contributed by atoms with Crippen LogP contribution < -0.4 is 33.0 Å². The number of anilines is 1. The van der Waals surface area contributed by atoms with Crippen LogP contribution >= 0.6 is 21.6 Å². The topological polar surface area (TPSA) is 314 Å². The van der Waals surface area contributed by atoms with Gasteiger partial charge in [0.1, 0.15) is 12.6 Å². The lowest BCUT2D eigenvalue weighted by molar-refractivity contribution is -0.141. The Morgan fingerprint density at radius 1 is 1.06 bits per heavy atom. The Labute approximate surface area is 362 Å². The molecule has 0 radical (unpaired) electrons. The summed E-state index contributed by atoms with van der Waals surface area (Å²) < 4.78 is 11.2. The number of hydrogen-bond acceptors (Lipinski definition) is 17. The van der Waals surface area contributed by atoms with Crippen molar-refractivity contribution in [3.8, 4) is 0 Å². The van der Waals surface area contributed by atoms with Gasteiger partial charge in [-0.3, -0.25) is 29.0 Å². The molecule has 5 atom stereocenters. The van der Waals surface area contributed by atoms with Crippen LogP contribution in [0.5, 0.6) is 0 Å². The fourth-order valence-electron chi connectivity index (χ4n) is 8.31. The number of carbonyl (C=O) groups excluding carboxylic acids is 5. The molecule has 1 aliphatic carbocycles. The highest BCUT2D eigenvalue weighted by Crippen LogP contribution is 2.56. The molecular formula is C40H46N10O10S2. The number of benzene rings is 1. The molecule has 4 aliphatic rings. The lowest BCUT2D eigenvalue weighted by Crippen LogP contribution is -2.55. The van der Waals surface area contributed by atoms with Gasteiger partial charge in [-0.1, -0.05) is 33.7 Å². The average Bonchev–Trinajstić information content (AvgIpc) is 3.86. The molecule has 3 aromatic rings. The van der Waals surface area contributed by atoms with Gasteiger partial charge in [0.05, 0.1) is 29.5 Å². The van der Waals surface area contributed by atoms with Crippen molar-refractivity contribution in [1.82, 2.24) is 40.8 Å². The van der Waals surface area contributed by atoms with Crippen LogP contribution in [0.3, 0.4) is 0 Å². The smallest absolute Gasteiger partial charge is 0.404 e. The molecule has 1 aromatic carbocycles. The number of fused-ring (bicyclic) bond motifs is 5. The van der Waals surface area contributed by atoms with E-state index in [9.17, 15) is 38.7 Å². The van der Waals surface area contributed by atoms with Gasteiger partial charge < -0.3 is 46.9 Å². The summed E-state index contributed by atoms with van der Waals surface area (Å²) in [5.41, 5.74) is 12.9. The lowest BCUT2D eigenvalue weighted by atomic mass is 9.79. The van der Waals surface area contributed by atoms with Crippen molar-refractivity contribution in [3.63, 3.8) is 0 Å². The Morgan fingerprint density at radius 3 is 2.56 bits per heavy atom. The Kier molecular flexibility index (Phi) is 13.3. The number of aryl methyl sites for hydroxylation is 2. The van der Waals surface area contributed by atoms with Crippen LogP contribution in [0.15, 0.2) is 57.7 Å². The first-order chi connectivity index (χ1) is 29.7. The number of nitrogen functional groups attached to an aromatic ring is 1. The first-order valence-electron chi connectivity index (χ1n) is 19.9. The molecule has 3 amide bonds. The van der Waals surface area contributed by atoms with Crippen molar-refractivity contribution in [3.05, 3.63) is 80.1 Å². The van der Waals surface area contributed by atoms with Crippen molar-refractivity contribution in [1.29, 1.82) is 0 Å². The summed E-state index contributed by atoms with van der Waals surface area (Å²) in [6, 6.07) is 5.80. The molecule has 5 heterocycles. The van der Waals surface area contributed by atoms with Crippen LogP contribution in [0.1, 0.15) is 54.2 Å². The zero-order chi connectivity index (χ0) is 44.3. The number of carboxylic acid groups (broad SMARTS) is 1. The monoisotopic (exact) mass is 890 g/mol. The number of aromatic amines is 1. The minimum atomic E-state index is -1.18. The maximum absolute atomic E-state index is 14.0. The highest BCUT2D eigenvalue weighted by molar-refractivity contribution is 8.76. The number of ether oxygens (including phenoxy) is 2. The number of carbonyl (C=O) groups is 6. The molecule has 2 aromatic heterocycles. The van der Waals surface area contributed by atoms with Crippen molar-refractivity contribution in [2.24, 2.45) is 11.7 Å². The van der Waals surface area contributed by atoms with Gasteiger partial charge in [0.15, 0.2) is 22.7 Å². The summed E-state index contributed by atoms with van der Waals surface area (Å²) in [6.07, 6.45) is 2.75. The van der Waals surface area contributed by atoms with E-state index in [1.807, 2.05) is 17.0 Å². The Bertz CT molecular complexity index is 2440. The number of ketones is 2. The van der Waals surface area contributed by atoms with Gasteiger partial charge in [0.2, 0.25) is 17.6 Å². The second kappa shape index (κ2) is 18.6. The first-order valence-corrected chi connectivity index (χ1v) is 22.4. The van der Waals surface area contributed by atoms with E-state index in [0.717, 1.165) is 5.56 Å². The van der Waals surface area contributed by atoms with Crippen molar-refractivity contribution >= 4 is 74.1 Å². The third-order valence-electron chi connectivity index (χ3n) is 11.4. The second-order valence-electron chi connectivity index (χ2n) is 15.2. The maximum Gasteiger partial charge on any atom is 0.404 e. The number of nitrogens with one attached hydrogen (secondary N) is 4. The quantitative estimate of drug-likeness (QED) is 0.0357. The molecule has 7 rings (SSSR count). The summed E-state index contributed by atoms with van der Waals surface area (Å²) >= 11 is 0. The summed E-state index contributed by atoms with van der Waals surface area (Å²) in [4.78, 5) is 105. The van der Waals surface area contributed by atoms with Crippen molar-refractivity contribution in [2.45, 2.75) is 69.3 Å². The fraction of sp³-hybridized carbons (Fsp3) is 0.450. The number of carboxylic acids is 1. The molecule has 20 nitrogen and oxygen atoms in total. The SMILES string of the molecule is CO[C@@]12[C@H](COC(N)=O)C3=C(C(=O)C(C)=C(CCCSSC[C@@H](NC(=O)CCCNC(=O)c4ccc(CCc5cnc6nc(N)[nH]c(=O)c6n5)cc4)C(=O)O)C3=O)N1C[C@@H]1N[C@@H]12. The number of nitrogens with two attached hydrogens (primary N) is 2. The number of piperazine rings is 1. The fourth-order valence-corrected chi connectivity index (χ4v) is 10.5.